The van der Waals surface area contributed by atoms with Gasteiger partial charge in [-0.1, -0.05) is 42.0 Å². The van der Waals surface area contributed by atoms with Crippen LogP contribution < -0.4 is 0 Å². The summed E-state index contributed by atoms with van der Waals surface area (Å²) < 4.78 is 29.7. The van der Waals surface area contributed by atoms with Gasteiger partial charge in [0.1, 0.15) is 17.2 Å². The summed E-state index contributed by atoms with van der Waals surface area (Å²) in [5.41, 5.74) is 4.41. The third-order valence-corrected chi connectivity index (χ3v) is 4.85. The summed E-state index contributed by atoms with van der Waals surface area (Å²) in [6, 6.07) is 19.1. The summed E-state index contributed by atoms with van der Waals surface area (Å²) in [6.07, 6.45) is 1.76. The second-order valence-electron chi connectivity index (χ2n) is 6.76. The molecule has 0 aliphatic rings. The zero-order valence-electron chi connectivity index (χ0n) is 15.0. The van der Waals surface area contributed by atoms with Crippen LogP contribution in [-0.2, 0) is 0 Å². The van der Waals surface area contributed by atoms with E-state index < -0.39 is 11.6 Å². The molecule has 0 N–H and O–H groups in total. The van der Waals surface area contributed by atoms with Crippen LogP contribution >= 0.6 is 0 Å². The number of hydrogen-bond donors (Lipinski definition) is 0. The maximum Gasteiger partial charge on any atom is 0.151 e. The Hall–Kier alpha value is -3.60. The molecule has 3 aromatic carbocycles. The maximum atomic E-state index is 14.6. The average molecular weight is 371 g/mol. The van der Waals surface area contributed by atoms with Gasteiger partial charge in [-0.3, -0.25) is 4.98 Å². The topological polar surface area (TPSA) is 30.7 Å². The van der Waals surface area contributed by atoms with Crippen LogP contribution in [0.15, 0.2) is 72.9 Å². The molecule has 3 nitrogen and oxygen atoms in total. The lowest BCUT2D eigenvalue weighted by molar-refractivity contribution is 0.575. The number of fused-ring (bicyclic) bond motifs is 3. The molecule has 0 fully saturated rings. The van der Waals surface area contributed by atoms with E-state index in [2.05, 4.69) is 4.98 Å². The van der Waals surface area contributed by atoms with Gasteiger partial charge in [-0.2, -0.15) is 5.10 Å². The van der Waals surface area contributed by atoms with Crippen molar-refractivity contribution in [2.75, 3.05) is 0 Å². The number of benzene rings is 3. The normalized spacial score (nSPS) is 11.4. The Bertz CT molecular complexity index is 1340. The Labute approximate surface area is 159 Å². The van der Waals surface area contributed by atoms with E-state index in [0.29, 0.717) is 5.69 Å². The van der Waals surface area contributed by atoms with Gasteiger partial charge in [-0.25, -0.2) is 13.5 Å². The number of nitrogens with zero attached hydrogens (tertiary/aromatic N) is 3. The molecule has 2 heterocycles. The molecular formula is C23H15F2N3. The van der Waals surface area contributed by atoms with Crippen molar-refractivity contribution >= 4 is 21.8 Å². The van der Waals surface area contributed by atoms with Gasteiger partial charge >= 0.3 is 0 Å². The third kappa shape index (κ3) is 2.55. The lowest BCUT2D eigenvalue weighted by Gasteiger charge is -2.07. The third-order valence-electron chi connectivity index (χ3n) is 4.85. The van der Waals surface area contributed by atoms with E-state index >= 15 is 0 Å². The van der Waals surface area contributed by atoms with Gasteiger partial charge in [0.2, 0.25) is 0 Å². The van der Waals surface area contributed by atoms with Crippen LogP contribution in [0, 0.1) is 18.6 Å². The molecule has 5 aromatic rings. The lowest BCUT2D eigenvalue weighted by atomic mass is 10.1. The highest BCUT2D eigenvalue weighted by atomic mass is 19.1. The highest BCUT2D eigenvalue weighted by molar-refractivity contribution is 6.08. The minimum Gasteiger partial charge on any atom is -0.255 e. The maximum absolute atomic E-state index is 14.6. The summed E-state index contributed by atoms with van der Waals surface area (Å²) in [6.45, 7) is 2.00. The summed E-state index contributed by atoms with van der Waals surface area (Å²) in [4.78, 5) is 4.57. The van der Waals surface area contributed by atoms with Crippen molar-refractivity contribution in [3.05, 3.63) is 90.1 Å². The van der Waals surface area contributed by atoms with Gasteiger partial charge in [0.05, 0.1) is 11.0 Å². The zero-order valence-corrected chi connectivity index (χ0v) is 15.0. The number of aryl methyl sites for hydroxylation is 1. The Morgan fingerprint density at radius 3 is 2.46 bits per heavy atom. The van der Waals surface area contributed by atoms with E-state index in [1.165, 1.54) is 12.1 Å². The number of aromatic nitrogens is 3. The minimum atomic E-state index is -0.665. The molecule has 0 unspecified atom stereocenters. The number of pyridine rings is 1. The highest BCUT2D eigenvalue weighted by Crippen LogP contribution is 2.34. The smallest absolute Gasteiger partial charge is 0.151 e. The van der Waals surface area contributed by atoms with E-state index in [0.717, 1.165) is 39.0 Å². The number of hydrogen-bond acceptors (Lipinski definition) is 2. The largest absolute Gasteiger partial charge is 0.255 e. The first-order chi connectivity index (χ1) is 13.6. The molecule has 5 rings (SSSR count). The molecular weight excluding hydrogens is 356 g/mol. The van der Waals surface area contributed by atoms with E-state index in [1.807, 2.05) is 55.5 Å². The van der Waals surface area contributed by atoms with Crippen molar-refractivity contribution in [2.45, 2.75) is 6.92 Å². The van der Waals surface area contributed by atoms with Gasteiger partial charge in [0.25, 0.3) is 0 Å². The van der Waals surface area contributed by atoms with Gasteiger partial charge in [0.15, 0.2) is 5.82 Å². The Morgan fingerprint density at radius 1 is 0.857 bits per heavy atom. The average Bonchev–Trinajstić information content (AvgIpc) is 3.08. The van der Waals surface area contributed by atoms with Crippen molar-refractivity contribution in [3.8, 4) is 16.9 Å². The van der Waals surface area contributed by atoms with Crippen LogP contribution in [0.4, 0.5) is 8.78 Å². The van der Waals surface area contributed by atoms with Crippen LogP contribution in [0.2, 0.25) is 0 Å². The molecule has 2 aromatic heterocycles. The van der Waals surface area contributed by atoms with Gasteiger partial charge in [-0.15, -0.1) is 0 Å². The number of rotatable bonds is 2. The minimum absolute atomic E-state index is 0.197. The summed E-state index contributed by atoms with van der Waals surface area (Å²) in [5, 5.41) is 6.40. The second-order valence-corrected chi connectivity index (χ2v) is 6.76. The van der Waals surface area contributed by atoms with Crippen LogP contribution in [0.5, 0.6) is 0 Å². The van der Waals surface area contributed by atoms with Crippen LogP contribution in [0.1, 0.15) is 5.56 Å². The molecule has 28 heavy (non-hydrogen) atoms. The van der Waals surface area contributed by atoms with Crippen molar-refractivity contribution in [1.82, 2.24) is 14.8 Å². The molecule has 5 heteroatoms. The molecule has 0 radical (unpaired) electrons. The molecule has 0 amide bonds. The predicted molar refractivity (Wildman–Crippen MR) is 106 cm³/mol. The zero-order chi connectivity index (χ0) is 19.3. The van der Waals surface area contributed by atoms with Crippen LogP contribution in [0.3, 0.4) is 0 Å². The Kier molecular flexibility index (Phi) is 3.69. The Balaban J connectivity index is 1.94. The Morgan fingerprint density at radius 2 is 1.68 bits per heavy atom. The fraction of sp³-hybridized carbons (Fsp3) is 0.0435. The first kappa shape index (κ1) is 16.6. The van der Waals surface area contributed by atoms with E-state index in [-0.39, 0.29) is 5.69 Å². The van der Waals surface area contributed by atoms with Crippen LogP contribution in [0.25, 0.3) is 38.8 Å². The second kappa shape index (κ2) is 6.23. The van der Waals surface area contributed by atoms with Gasteiger partial charge in [-0.05, 0) is 31.2 Å². The van der Waals surface area contributed by atoms with E-state index in [1.54, 1.807) is 10.9 Å². The van der Waals surface area contributed by atoms with Crippen molar-refractivity contribution in [2.24, 2.45) is 0 Å². The quantitative estimate of drug-likeness (QED) is 0.391. The van der Waals surface area contributed by atoms with E-state index in [9.17, 15) is 8.78 Å². The van der Waals surface area contributed by atoms with Gasteiger partial charge < -0.3 is 0 Å². The summed E-state index contributed by atoms with van der Waals surface area (Å²) >= 11 is 0. The highest BCUT2D eigenvalue weighted by Gasteiger charge is 2.19. The van der Waals surface area contributed by atoms with Crippen molar-refractivity contribution in [3.63, 3.8) is 0 Å². The molecule has 0 aliphatic carbocycles. The van der Waals surface area contributed by atoms with Crippen LogP contribution in [-0.4, -0.2) is 14.8 Å². The SMILES string of the molecule is Cc1ccc2ncc3c(-c4ccccc4)nn(-c4ccc(F)cc4F)c3c2c1. The van der Waals surface area contributed by atoms with Gasteiger partial charge in [0, 0.05) is 28.6 Å². The molecule has 0 atom stereocenters. The lowest BCUT2D eigenvalue weighted by Crippen LogP contribution is -2.01. The summed E-state index contributed by atoms with van der Waals surface area (Å²) in [5.74, 6) is -1.29. The fourth-order valence-electron chi connectivity index (χ4n) is 3.53. The standard InChI is InChI=1S/C23H15F2N3/c1-14-7-9-20-17(11-14)23-18(13-26-20)22(15-5-3-2-4-6-15)27-28(23)21-10-8-16(24)12-19(21)25/h2-13H,1H3. The molecule has 0 saturated carbocycles. The number of halogens is 2. The first-order valence-corrected chi connectivity index (χ1v) is 8.91. The predicted octanol–water partition coefficient (Wildman–Crippen LogP) is 5.83. The fourth-order valence-corrected chi connectivity index (χ4v) is 3.53. The monoisotopic (exact) mass is 371 g/mol. The van der Waals surface area contributed by atoms with E-state index in [4.69, 9.17) is 5.10 Å². The molecule has 136 valence electrons. The molecule has 0 bridgehead atoms. The first-order valence-electron chi connectivity index (χ1n) is 8.91. The molecule has 0 spiro atoms. The molecule has 0 saturated heterocycles. The summed E-state index contributed by atoms with van der Waals surface area (Å²) in [7, 11) is 0. The van der Waals surface area contributed by atoms with Crippen molar-refractivity contribution < 1.29 is 8.78 Å². The molecule has 0 aliphatic heterocycles. The van der Waals surface area contributed by atoms with Crippen molar-refractivity contribution in [1.29, 1.82) is 0 Å².